The molecule has 22 heavy (non-hydrogen) atoms. The SMILES string of the molecule is CC(C)c1nc(C(=O)N2CC(C(=O)O)c3ccccc32)cs1. The molecule has 0 saturated carbocycles. The molecule has 1 unspecified atom stereocenters. The van der Waals surface area contributed by atoms with Crippen molar-refractivity contribution in [3.8, 4) is 0 Å². The number of hydrogen-bond acceptors (Lipinski definition) is 4. The van der Waals surface area contributed by atoms with Gasteiger partial charge >= 0.3 is 5.97 Å². The van der Waals surface area contributed by atoms with Gasteiger partial charge in [0, 0.05) is 23.5 Å². The summed E-state index contributed by atoms with van der Waals surface area (Å²) in [7, 11) is 0. The van der Waals surface area contributed by atoms with E-state index in [0.717, 1.165) is 5.01 Å². The summed E-state index contributed by atoms with van der Waals surface area (Å²) in [5.41, 5.74) is 1.73. The van der Waals surface area contributed by atoms with E-state index >= 15 is 0 Å². The Morgan fingerprint density at radius 1 is 1.36 bits per heavy atom. The van der Waals surface area contributed by atoms with Gasteiger partial charge in [0.2, 0.25) is 0 Å². The second-order valence-electron chi connectivity index (χ2n) is 5.59. The molecule has 0 spiro atoms. The fourth-order valence-corrected chi connectivity index (χ4v) is 3.41. The number of carboxylic acid groups (broad SMARTS) is 1. The maximum Gasteiger partial charge on any atom is 0.312 e. The van der Waals surface area contributed by atoms with Crippen LogP contribution in [0.25, 0.3) is 0 Å². The number of amides is 1. The Kier molecular flexibility index (Phi) is 3.70. The molecule has 0 bridgehead atoms. The van der Waals surface area contributed by atoms with Crippen molar-refractivity contribution in [1.82, 2.24) is 4.98 Å². The lowest BCUT2D eigenvalue weighted by Gasteiger charge is -2.16. The Bertz CT molecular complexity index is 738. The van der Waals surface area contributed by atoms with E-state index in [1.54, 1.807) is 23.6 Å². The van der Waals surface area contributed by atoms with Crippen LogP contribution in [0.15, 0.2) is 29.6 Å². The number of aliphatic carboxylic acids is 1. The molecule has 1 N–H and O–H groups in total. The molecule has 2 aromatic rings. The van der Waals surface area contributed by atoms with Crippen molar-refractivity contribution < 1.29 is 14.7 Å². The van der Waals surface area contributed by atoms with Gasteiger partial charge in [0.05, 0.1) is 5.01 Å². The third-order valence-electron chi connectivity index (χ3n) is 3.75. The first-order chi connectivity index (χ1) is 10.5. The topological polar surface area (TPSA) is 70.5 Å². The van der Waals surface area contributed by atoms with Gasteiger partial charge in [-0.15, -0.1) is 11.3 Å². The normalized spacial score (nSPS) is 16.9. The minimum absolute atomic E-state index is 0.155. The summed E-state index contributed by atoms with van der Waals surface area (Å²) in [5, 5.41) is 12.0. The molecule has 0 fully saturated rings. The van der Waals surface area contributed by atoms with E-state index in [0.29, 0.717) is 16.9 Å². The lowest BCUT2D eigenvalue weighted by Crippen LogP contribution is -2.31. The Balaban J connectivity index is 1.95. The van der Waals surface area contributed by atoms with Crippen molar-refractivity contribution in [2.75, 3.05) is 11.4 Å². The van der Waals surface area contributed by atoms with E-state index < -0.39 is 11.9 Å². The van der Waals surface area contributed by atoms with E-state index in [1.807, 2.05) is 19.9 Å². The molecular weight excluding hydrogens is 300 g/mol. The van der Waals surface area contributed by atoms with E-state index in [2.05, 4.69) is 4.98 Å². The van der Waals surface area contributed by atoms with Crippen molar-refractivity contribution in [2.45, 2.75) is 25.7 Å². The monoisotopic (exact) mass is 316 g/mol. The molecule has 1 aliphatic rings. The predicted octanol–water partition coefficient (Wildman–Crippen LogP) is 3.10. The number of aromatic nitrogens is 1. The van der Waals surface area contributed by atoms with Crippen molar-refractivity contribution >= 4 is 28.9 Å². The van der Waals surface area contributed by atoms with Gasteiger partial charge in [-0.05, 0) is 11.6 Å². The van der Waals surface area contributed by atoms with Crippen LogP contribution in [0.1, 0.15) is 46.7 Å². The van der Waals surface area contributed by atoms with Crippen LogP contribution >= 0.6 is 11.3 Å². The minimum atomic E-state index is -0.913. The van der Waals surface area contributed by atoms with Crippen LogP contribution in [0.4, 0.5) is 5.69 Å². The smallest absolute Gasteiger partial charge is 0.312 e. The van der Waals surface area contributed by atoms with Crippen LogP contribution < -0.4 is 4.90 Å². The third kappa shape index (κ3) is 2.39. The van der Waals surface area contributed by atoms with E-state index in [9.17, 15) is 14.7 Å². The van der Waals surface area contributed by atoms with Gasteiger partial charge in [-0.3, -0.25) is 9.59 Å². The van der Waals surface area contributed by atoms with Crippen molar-refractivity contribution in [3.63, 3.8) is 0 Å². The summed E-state index contributed by atoms with van der Waals surface area (Å²) in [4.78, 5) is 30.0. The Morgan fingerprint density at radius 3 is 2.73 bits per heavy atom. The lowest BCUT2D eigenvalue weighted by atomic mass is 10.0. The number of hydrogen-bond donors (Lipinski definition) is 1. The van der Waals surface area contributed by atoms with Gasteiger partial charge in [0.15, 0.2) is 0 Å². The van der Waals surface area contributed by atoms with Gasteiger partial charge in [-0.2, -0.15) is 0 Å². The standard InChI is InChI=1S/C16H16N2O3S/c1-9(2)14-17-12(8-22-14)15(19)18-7-11(16(20)21)10-5-3-4-6-13(10)18/h3-6,8-9,11H,7H2,1-2H3,(H,20,21). The number of fused-ring (bicyclic) bond motifs is 1. The number of benzene rings is 1. The molecule has 1 aliphatic heterocycles. The molecule has 5 nitrogen and oxygen atoms in total. The molecule has 1 amide bonds. The van der Waals surface area contributed by atoms with Crippen LogP contribution in [0.2, 0.25) is 0 Å². The van der Waals surface area contributed by atoms with Gasteiger partial charge in [0.1, 0.15) is 11.6 Å². The summed E-state index contributed by atoms with van der Waals surface area (Å²) in [6.07, 6.45) is 0. The maximum absolute atomic E-state index is 12.7. The molecule has 3 rings (SSSR count). The number of carboxylic acids is 1. The first-order valence-electron chi connectivity index (χ1n) is 7.08. The second-order valence-corrected chi connectivity index (χ2v) is 6.48. The Hall–Kier alpha value is -2.21. The number of anilines is 1. The molecular formula is C16H16N2O3S. The summed E-state index contributed by atoms with van der Waals surface area (Å²) < 4.78 is 0. The molecule has 1 aromatic heterocycles. The van der Waals surface area contributed by atoms with Crippen molar-refractivity contribution in [3.05, 3.63) is 45.9 Å². The highest BCUT2D eigenvalue weighted by molar-refractivity contribution is 7.09. The largest absolute Gasteiger partial charge is 0.481 e. The summed E-state index contributed by atoms with van der Waals surface area (Å²) >= 11 is 1.46. The molecule has 2 heterocycles. The van der Waals surface area contributed by atoms with Gasteiger partial charge in [-0.25, -0.2) is 4.98 Å². The number of para-hydroxylation sites is 1. The summed E-state index contributed by atoms with van der Waals surface area (Å²) in [5.74, 6) is -1.56. The Morgan fingerprint density at radius 2 is 2.09 bits per heavy atom. The summed E-state index contributed by atoms with van der Waals surface area (Å²) in [6, 6.07) is 7.15. The third-order valence-corrected chi connectivity index (χ3v) is 4.89. The number of nitrogens with zero attached hydrogens (tertiary/aromatic N) is 2. The molecule has 114 valence electrons. The number of carbonyl (C=O) groups excluding carboxylic acids is 1. The molecule has 6 heteroatoms. The molecule has 0 radical (unpaired) electrons. The van der Waals surface area contributed by atoms with Gasteiger partial charge < -0.3 is 10.0 Å². The molecule has 1 aromatic carbocycles. The van der Waals surface area contributed by atoms with Crippen LogP contribution in [0.3, 0.4) is 0 Å². The van der Waals surface area contributed by atoms with Crippen LogP contribution in [-0.2, 0) is 4.79 Å². The molecule has 0 aliphatic carbocycles. The lowest BCUT2D eigenvalue weighted by molar-refractivity contribution is -0.138. The quantitative estimate of drug-likeness (QED) is 0.944. The zero-order valence-electron chi connectivity index (χ0n) is 12.3. The first kappa shape index (κ1) is 14.7. The molecule has 0 saturated heterocycles. The highest BCUT2D eigenvalue weighted by atomic mass is 32.1. The Labute approximate surface area is 132 Å². The second kappa shape index (κ2) is 5.53. The summed E-state index contributed by atoms with van der Waals surface area (Å²) in [6.45, 7) is 4.21. The van der Waals surface area contributed by atoms with Gasteiger partial charge in [0.25, 0.3) is 5.91 Å². The zero-order chi connectivity index (χ0) is 15.9. The number of carbonyl (C=O) groups is 2. The van der Waals surface area contributed by atoms with E-state index in [-0.39, 0.29) is 18.4 Å². The van der Waals surface area contributed by atoms with E-state index in [4.69, 9.17) is 0 Å². The van der Waals surface area contributed by atoms with Crippen LogP contribution in [0.5, 0.6) is 0 Å². The fourth-order valence-electron chi connectivity index (χ4n) is 2.60. The molecule has 1 atom stereocenters. The zero-order valence-corrected chi connectivity index (χ0v) is 13.1. The maximum atomic E-state index is 12.7. The van der Waals surface area contributed by atoms with Crippen LogP contribution in [0, 0.1) is 0 Å². The average molecular weight is 316 g/mol. The highest BCUT2D eigenvalue weighted by Crippen LogP contribution is 2.37. The predicted molar refractivity (Wildman–Crippen MR) is 84.7 cm³/mol. The van der Waals surface area contributed by atoms with Crippen LogP contribution in [-0.4, -0.2) is 28.5 Å². The van der Waals surface area contributed by atoms with Gasteiger partial charge in [-0.1, -0.05) is 32.0 Å². The number of rotatable bonds is 3. The first-order valence-corrected chi connectivity index (χ1v) is 7.96. The minimum Gasteiger partial charge on any atom is -0.481 e. The van der Waals surface area contributed by atoms with E-state index in [1.165, 1.54) is 16.2 Å². The highest BCUT2D eigenvalue weighted by Gasteiger charge is 2.37. The number of thiazole rings is 1. The van der Waals surface area contributed by atoms with Crippen molar-refractivity contribution in [2.24, 2.45) is 0 Å². The fraction of sp³-hybridized carbons (Fsp3) is 0.312. The average Bonchev–Trinajstić information content (AvgIpc) is 3.12. The van der Waals surface area contributed by atoms with Crippen molar-refractivity contribution in [1.29, 1.82) is 0 Å².